The van der Waals surface area contributed by atoms with E-state index in [0.717, 1.165) is 37.7 Å². The molecule has 0 spiro atoms. The van der Waals surface area contributed by atoms with E-state index in [1.165, 1.54) is 11.3 Å². The Morgan fingerprint density at radius 2 is 1.75 bits per heavy atom. The molecule has 1 saturated carbocycles. The van der Waals surface area contributed by atoms with Crippen molar-refractivity contribution in [2.75, 3.05) is 19.0 Å². The van der Waals surface area contributed by atoms with Gasteiger partial charge < -0.3 is 15.1 Å². The number of phenols is 1. The van der Waals surface area contributed by atoms with Crippen molar-refractivity contribution in [3.63, 3.8) is 0 Å². The van der Waals surface area contributed by atoms with Crippen LogP contribution in [0.2, 0.25) is 0 Å². The van der Waals surface area contributed by atoms with E-state index >= 15 is 0 Å². The predicted molar refractivity (Wildman–Crippen MR) is 98.4 cm³/mol. The number of rotatable bonds is 4. The predicted octanol–water partition coefficient (Wildman–Crippen LogP) is 4.08. The van der Waals surface area contributed by atoms with Crippen molar-refractivity contribution < 1.29 is 10.2 Å². The average Bonchev–Trinajstić information content (AvgIpc) is 2.58. The number of hydrogen-bond acceptors (Lipinski definition) is 3. The van der Waals surface area contributed by atoms with E-state index in [9.17, 15) is 10.2 Å². The standard InChI is InChI=1S/C21H27NO2/c1-22(2)20-9-4-3-7-16(20)15-18-8-5-6-14-21(18,24)17-10-12-19(23)13-11-17/h3-4,7,9-13,18,23-24H,5-6,8,14-15H2,1-2H3. The number of para-hydroxylation sites is 1. The smallest absolute Gasteiger partial charge is 0.115 e. The molecule has 0 amide bonds. The minimum atomic E-state index is -0.814. The second-order valence-electron chi connectivity index (χ2n) is 7.14. The Bertz CT molecular complexity index is 680. The molecule has 3 heteroatoms. The molecular formula is C21H27NO2. The van der Waals surface area contributed by atoms with Crippen LogP contribution in [0, 0.1) is 5.92 Å². The van der Waals surface area contributed by atoms with Gasteiger partial charge in [0.05, 0.1) is 5.60 Å². The Kier molecular flexibility index (Phi) is 4.81. The highest BCUT2D eigenvalue weighted by Crippen LogP contribution is 2.44. The summed E-state index contributed by atoms with van der Waals surface area (Å²) < 4.78 is 0. The normalized spacial score (nSPS) is 23.9. The number of hydrogen-bond donors (Lipinski definition) is 2. The van der Waals surface area contributed by atoms with Crippen LogP contribution in [-0.2, 0) is 12.0 Å². The van der Waals surface area contributed by atoms with Crippen LogP contribution in [0.4, 0.5) is 5.69 Å². The minimum absolute atomic E-state index is 0.192. The molecule has 0 bridgehead atoms. The van der Waals surface area contributed by atoms with E-state index in [1.807, 2.05) is 12.1 Å². The van der Waals surface area contributed by atoms with Crippen molar-refractivity contribution in [2.24, 2.45) is 5.92 Å². The van der Waals surface area contributed by atoms with Gasteiger partial charge in [0.15, 0.2) is 0 Å². The van der Waals surface area contributed by atoms with Crippen molar-refractivity contribution in [2.45, 2.75) is 37.7 Å². The van der Waals surface area contributed by atoms with Gasteiger partial charge in [-0.15, -0.1) is 0 Å². The topological polar surface area (TPSA) is 43.7 Å². The lowest BCUT2D eigenvalue weighted by Crippen LogP contribution is -2.39. The number of aliphatic hydroxyl groups is 1. The third kappa shape index (κ3) is 3.27. The molecular weight excluding hydrogens is 298 g/mol. The van der Waals surface area contributed by atoms with Crippen LogP contribution < -0.4 is 4.90 Å². The maximum absolute atomic E-state index is 11.5. The third-order valence-corrected chi connectivity index (χ3v) is 5.34. The highest BCUT2D eigenvalue weighted by Gasteiger charge is 2.40. The average molecular weight is 325 g/mol. The molecule has 2 N–H and O–H groups in total. The van der Waals surface area contributed by atoms with Gasteiger partial charge in [0, 0.05) is 19.8 Å². The van der Waals surface area contributed by atoms with Crippen LogP contribution in [-0.4, -0.2) is 24.3 Å². The van der Waals surface area contributed by atoms with Crippen molar-refractivity contribution in [1.29, 1.82) is 0 Å². The summed E-state index contributed by atoms with van der Waals surface area (Å²) in [6, 6.07) is 15.5. The molecule has 2 atom stereocenters. The summed E-state index contributed by atoms with van der Waals surface area (Å²) in [5.74, 6) is 0.435. The van der Waals surface area contributed by atoms with Crippen molar-refractivity contribution in [1.82, 2.24) is 0 Å². The Balaban J connectivity index is 1.92. The highest BCUT2D eigenvalue weighted by molar-refractivity contribution is 5.52. The van der Waals surface area contributed by atoms with Gasteiger partial charge in [-0.05, 0) is 54.5 Å². The first-order valence-electron chi connectivity index (χ1n) is 8.78. The summed E-state index contributed by atoms with van der Waals surface area (Å²) in [6.07, 6.45) is 4.88. The fourth-order valence-electron chi connectivity index (χ4n) is 4.01. The summed E-state index contributed by atoms with van der Waals surface area (Å²) in [6.45, 7) is 0. The van der Waals surface area contributed by atoms with E-state index in [1.54, 1.807) is 12.1 Å². The van der Waals surface area contributed by atoms with Crippen LogP contribution in [0.3, 0.4) is 0 Å². The van der Waals surface area contributed by atoms with E-state index in [-0.39, 0.29) is 11.7 Å². The zero-order valence-corrected chi connectivity index (χ0v) is 14.6. The first-order valence-corrected chi connectivity index (χ1v) is 8.78. The van der Waals surface area contributed by atoms with Gasteiger partial charge in [-0.2, -0.15) is 0 Å². The molecule has 1 aliphatic carbocycles. The summed E-state index contributed by atoms with van der Waals surface area (Å²) in [7, 11) is 4.12. The van der Waals surface area contributed by atoms with Gasteiger partial charge in [0.25, 0.3) is 0 Å². The minimum Gasteiger partial charge on any atom is -0.508 e. The first-order chi connectivity index (χ1) is 11.5. The first kappa shape index (κ1) is 16.8. The van der Waals surface area contributed by atoms with E-state index in [2.05, 4.69) is 43.3 Å². The van der Waals surface area contributed by atoms with Crippen LogP contribution in [0.15, 0.2) is 48.5 Å². The highest BCUT2D eigenvalue weighted by atomic mass is 16.3. The van der Waals surface area contributed by atoms with Crippen molar-refractivity contribution >= 4 is 5.69 Å². The molecule has 128 valence electrons. The quantitative estimate of drug-likeness (QED) is 0.890. The third-order valence-electron chi connectivity index (χ3n) is 5.34. The molecule has 0 heterocycles. The largest absolute Gasteiger partial charge is 0.508 e. The molecule has 2 aromatic rings. The molecule has 0 radical (unpaired) electrons. The molecule has 3 nitrogen and oxygen atoms in total. The molecule has 0 aliphatic heterocycles. The molecule has 24 heavy (non-hydrogen) atoms. The molecule has 0 saturated heterocycles. The van der Waals surface area contributed by atoms with E-state index < -0.39 is 5.60 Å². The van der Waals surface area contributed by atoms with Gasteiger partial charge in [0.2, 0.25) is 0 Å². The molecule has 2 aromatic carbocycles. The van der Waals surface area contributed by atoms with Crippen LogP contribution >= 0.6 is 0 Å². The second kappa shape index (κ2) is 6.86. The molecule has 1 fully saturated rings. The fraction of sp³-hybridized carbons (Fsp3) is 0.429. The molecule has 1 aliphatic rings. The van der Waals surface area contributed by atoms with Gasteiger partial charge in [0.1, 0.15) is 5.75 Å². The SMILES string of the molecule is CN(C)c1ccccc1CC1CCCCC1(O)c1ccc(O)cc1. The lowest BCUT2D eigenvalue weighted by atomic mass is 9.69. The lowest BCUT2D eigenvalue weighted by molar-refractivity contribution is -0.0542. The summed E-state index contributed by atoms with van der Waals surface area (Å²) in [5, 5.41) is 21.0. The number of phenolic OH excluding ortho intramolecular Hbond substituents is 1. The van der Waals surface area contributed by atoms with Gasteiger partial charge in [-0.3, -0.25) is 0 Å². The Hall–Kier alpha value is -2.00. The van der Waals surface area contributed by atoms with Gasteiger partial charge in [-0.25, -0.2) is 0 Å². The van der Waals surface area contributed by atoms with E-state index in [4.69, 9.17) is 0 Å². The number of nitrogens with zero attached hydrogens (tertiary/aromatic N) is 1. The molecule has 2 unspecified atom stereocenters. The maximum Gasteiger partial charge on any atom is 0.115 e. The maximum atomic E-state index is 11.5. The Labute approximate surface area is 144 Å². The van der Waals surface area contributed by atoms with Crippen molar-refractivity contribution in [3.05, 3.63) is 59.7 Å². The van der Waals surface area contributed by atoms with E-state index in [0.29, 0.717) is 0 Å². The monoisotopic (exact) mass is 325 g/mol. The summed E-state index contributed by atoms with van der Waals surface area (Å²) in [5.41, 5.74) is 2.61. The van der Waals surface area contributed by atoms with Gasteiger partial charge in [-0.1, -0.05) is 43.2 Å². The zero-order valence-electron chi connectivity index (χ0n) is 14.6. The fourth-order valence-corrected chi connectivity index (χ4v) is 4.01. The van der Waals surface area contributed by atoms with Crippen LogP contribution in [0.1, 0.15) is 36.8 Å². The lowest BCUT2D eigenvalue weighted by Gasteiger charge is -2.41. The number of aromatic hydroxyl groups is 1. The van der Waals surface area contributed by atoms with Crippen LogP contribution in [0.5, 0.6) is 5.75 Å². The Morgan fingerprint density at radius 3 is 2.46 bits per heavy atom. The Morgan fingerprint density at radius 1 is 1.04 bits per heavy atom. The summed E-state index contributed by atoms with van der Waals surface area (Å²) in [4.78, 5) is 2.14. The van der Waals surface area contributed by atoms with Crippen molar-refractivity contribution in [3.8, 4) is 5.75 Å². The molecule has 0 aromatic heterocycles. The van der Waals surface area contributed by atoms with Crippen LogP contribution in [0.25, 0.3) is 0 Å². The summed E-state index contributed by atoms with van der Waals surface area (Å²) >= 11 is 0. The number of benzene rings is 2. The zero-order chi connectivity index (χ0) is 17.2. The number of anilines is 1. The molecule has 3 rings (SSSR count). The second-order valence-corrected chi connectivity index (χ2v) is 7.14. The van der Waals surface area contributed by atoms with Gasteiger partial charge >= 0.3 is 0 Å².